The maximum atomic E-state index is 6.38. The average Bonchev–Trinajstić information content (AvgIpc) is 2.85. The molecule has 2 aromatic rings. The standard InChI is InChI=1S/C14H17ClN4/c1-10(16)11-2-3-13(12(15)8-11)19-7-6-18-5-4-17-14(18)9-19/h2-5,8,10H,6-7,9,16H2,1H3/t10-/m0/s1. The summed E-state index contributed by atoms with van der Waals surface area (Å²) in [7, 11) is 0. The highest BCUT2D eigenvalue weighted by molar-refractivity contribution is 6.33. The summed E-state index contributed by atoms with van der Waals surface area (Å²) in [5, 5.41) is 0.759. The summed E-state index contributed by atoms with van der Waals surface area (Å²) < 4.78 is 2.18. The smallest absolute Gasteiger partial charge is 0.128 e. The van der Waals surface area contributed by atoms with Gasteiger partial charge in [-0.1, -0.05) is 17.7 Å². The summed E-state index contributed by atoms with van der Waals surface area (Å²) in [5.74, 6) is 1.08. The van der Waals surface area contributed by atoms with E-state index in [0.29, 0.717) is 0 Å². The Morgan fingerprint density at radius 2 is 2.21 bits per heavy atom. The Hall–Kier alpha value is -1.52. The summed E-state index contributed by atoms with van der Waals surface area (Å²) in [6.07, 6.45) is 3.87. The summed E-state index contributed by atoms with van der Waals surface area (Å²) in [4.78, 5) is 6.63. The molecule has 1 aliphatic rings. The topological polar surface area (TPSA) is 47.1 Å². The zero-order valence-corrected chi connectivity index (χ0v) is 11.6. The predicted molar refractivity (Wildman–Crippen MR) is 77.3 cm³/mol. The number of benzene rings is 1. The van der Waals surface area contributed by atoms with Gasteiger partial charge in [0.05, 0.1) is 17.3 Å². The fraction of sp³-hybridized carbons (Fsp3) is 0.357. The Morgan fingerprint density at radius 3 is 2.95 bits per heavy atom. The third-order valence-corrected chi connectivity index (χ3v) is 3.89. The molecule has 5 heteroatoms. The van der Waals surface area contributed by atoms with Crippen LogP contribution in [0.3, 0.4) is 0 Å². The second-order valence-electron chi connectivity index (χ2n) is 4.96. The third kappa shape index (κ3) is 2.33. The summed E-state index contributed by atoms with van der Waals surface area (Å²) in [5.41, 5.74) is 7.99. The molecule has 1 aliphatic heterocycles. The minimum Gasteiger partial charge on any atom is -0.361 e. The van der Waals surface area contributed by atoms with Crippen molar-refractivity contribution < 1.29 is 0 Å². The first-order valence-corrected chi connectivity index (χ1v) is 6.83. The van der Waals surface area contributed by atoms with Gasteiger partial charge in [0.2, 0.25) is 0 Å². The van der Waals surface area contributed by atoms with Crippen LogP contribution in [0, 0.1) is 0 Å². The molecule has 1 aromatic heterocycles. The lowest BCUT2D eigenvalue weighted by molar-refractivity contribution is 0.560. The number of halogens is 1. The molecule has 3 rings (SSSR count). The highest BCUT2D eigenvalue weighted by Gasteiger charge is 2.19. The van der Waals surface area contributed by atoms with Crippen molar-refractivity contribution in [3.63, 3.8) is 0 Å². The van der Waals surface area contributed by atoms with E-state index in [4.69, 9.17) is 17.3 Å². The summed E-state index contributed by atoms with van der Waals surface area (Å²) in [6, 6.07) is 6.07. The number of rotatable bonds is 2. The monoisotopic (exact) mass is 276 g/mol. The van der Waals surface area contributed by atoms with Crippen molar-refractivity contribution in [1.29, 1.82) is 0 Å². The molecular formula is C14H17ClN4. The Kier molecular flexibility index (Phi) is 3.21. The normalized spacial score (nSPS) is 16.3. The molecule has 19 heavy (non-hydrogen) atoms. The van der Waals surface area contributed by atoms with E-state index in [1.54, 1.807) is 0 Å². The molecule has 100 valence electrons. The Morgan fingerprint density at radius 1 is 1.37 bits per heavy atom. The maximum absolute atomic E-state index is 6.38. The Labute approximate surface area is 117 Å². The molecule has 0 unspecified atom stereocenters. The van der Waals surface area contributed by atoms with E-state index < -0.39 is 0 Å². The molecule has 0 radical (unpaired) electrons. The number of fused-ring (bicyclic) bond motifs is 1. The minimum absolute atomic E-state index is 0.00630. The lowest BCUT2D eigenvalue weighted by atomic mass is 10.1. The molecule has 0 bridgehead atoms. The summed E-state index contributed by atoms with van der Waals surface area (Å²) >= 11 is 6.38. The van der Waals surface area contributed by atoms with Gasteiger partial charge >= 0.3 is 0 Å². The second-order valence-corrected chi connectivity index (χ2v) is 5.37. The molecule has 0 amide bonds. The number of nitrogens with zero attached hydrogens (tertiary/aromatic N) is 3. The first-order valence-electron chi connectivity index (χ1n) is 6.45. The molecule has 0 saturated heterocycles. The van der Waals surface area contributed by atoms with Crippen LogP contribution in [0.1, 0.15) is 24.4 Å². The fourth-order valence-corrected chi connectivity index (χ4v) is 2.75. The van der Waals surface area contributed by atoms with E-state index >= 15 is 0 Å². The first kappa shape index (κ1) is 12.5. The van der Waals surface area contributed by atoms with Crippen LogP contribution in [0.15, 0.2) is 30.6 Å². The highest BCUT2D eigenvalue weighted by Crippen LogP contribution is 2.30. The van der Waals surface area contributed by atoms with Crippen molar-refractivity contribution in [2.75, 3.05) is 11.4 Å². The molecule has 1 atom stereocenters. The van der Waals surface area contributed by atoms with Crippen LogP contribution >= 0.6 is 11.6 Å². The van der Waals surface area contributed by atoms with Crippen LogP contribution in [-0.2, 0) is 13.1 Å². The van der Waals surface area contributed by atoms with Gasteiger partial charge in [0.15, 0.2) is 0 Å². The van der Waals surface area contributed by atoms with Crippen molar-refractivity contribution in [2.45, 2.75) is 26.1 Å². The van der Waals surface area contributed by atoms with Crippen LogP contribution in [-0.4, -0.2) is 16.1 Å². The van der Waals surface area contributed by atoms with Gasteiger partial charge in [-0.15, -0.1) is 0 Å². The maximum Gasteiger partial charge on any atom is 0.128 e. The van der Waals surface area contributed by atoms with Gasteiger partial charge < -0.3 is 15.2 Å². The SMILES string of the molecule is C[C@H](N)c1ccc(N2CCn3ccnc3C2)c(Cl)c1. The van der Waals surface area contributed by atoms with E-state index in [-0.39, 0.29) is 6.04 Å². The van der Waals surface area contributed by atoms with Crippen molar-refractivity contribution in [2.24, 2.45) is 5.73 Å². The van der Waals surface area contributed by atoms with E-state index in [0.717, 1.165) is 41.7 Å². The van der Waals surface area contributed by atoms with Gasteiger partial charge in [-0.3, -0.25) is 0 Å². The number of nitrogens with two attached hydrogens (primary N) is 1. The van der Waals surface area contributed by atoms with Crippen molar-refractivity contribution in [3.8, 4) is 0 Å². The van der Waals surface area contributed by atoms with E-state index in [1.807, 2.05) is 31.5 Å². The van der Waals surface area contributed by atoms with Gasteiger partial charge in [0.25, 0.3) is 0 Å². The zero-order valence-electron chi connectivity index (χ0n) is 10.9. The molecular weight excluding hydrogens is 260 g/mol. The van der Waals surface area contributed by atoms with Gasteiger partial charge in [-0.05, 0) is 24.6 Å². The predicted octanol–water partition coefficient (Wildman–Crippen LogP) is 2.58. The van der Waals surface area contributed by atoms with E-state index in [2.05, 4.69) is 20.5 Å². The first-order chi connectivity index (χ1) is 9.15. The molecule has 2 heterocycles. The van der Waals surface area contributed by atoms with Crippen LogP contribution in [0.5, 0.6) is 0 Å². The Balaban J connectivity index is 1.88. The second kappa shape index (κ2) is 4.87. The van der Waals surface area contributed by atoms with E-state index in [9.17, 15) is 0 Å². The average molecular weight is 277 g/mol. The molecule has 0 spiro atoms. The number of imidazole rings is 1. The van der Waals surface area contributed by atoms with Crippen molar-refractivity contribution in [1.82, 2.24) is 9.55 Å². The van der Waals surface area contributed by atoms with Crippen LogP contribution in [0.4, 0.5) is 5.69 Å². The lowest BCUT2D eigenvalue weighted by Crippen LogP contribution is -2.33. The minimum atomic E-state index is 0.00630. The van der Waals surface area contributed by atoms with Gasteiger partial charge in [0.1, 0.15) is 5.82 Å². The quantitative estimate of drug-likeness (QED) is 0.917. The van der Waals surface area contributed by atoms with Gasteiger partial charge in [-0.25, -0.2) is 4.98 Å². The number of hydrogen-bond donors (Lipinski definition) is 1. The molecule has 4 nitrogen and oxygen atoms in total. The number of anilines is 1. The molecule has 0 aliphatic carbocycles. The zero-order chi connectivity index (χ0) is 13.4. The number of aromatic nitrogens is 2. The lowest BCUT2D eigenvalue weighted by Gasteiger charge is -2.30. The van der Waals surface area contributed by atoms with E-state index in [1.165, 1.54) is 0 Å². The van der Waals surface area contributed by atoms with Crippen LogP contribution < -0.4 is 10.6 Å². The van der Waals surface area contributed by atoms with Gasteiger partial charge in [-0.2, -0.15) is 0 Å². The highest BCUT2D eigenvalue weighted by atomic mass is 35.5. The van der Waals surface area contributed by atoms with Crippen LogP contribution in [0.2, 0.25) is 5.02 Å². The molecule has 2 N–H and O–H groups in total. The largest absolute Gasteiger partial charge is 0.361 e. The van der Waals surface area contributed by atoms with Crippen molar-refractivity contribution >= 4 is 17.3 Å². The fourth-order valence-electron chi connectivity index (χ4n) is 2.44. The third-order valence-electron chi connectivity index (χ3n) is 3.58. The van der Waals surface area contributed by atoms with Crippen LogP contribution in [0.25, 0.3) is 0 Å². The van der Waals surface area contributed by atoms with Gasteiger partial charge in [0, 0.05) is 31.5 Å². The summed E-state index contributed by atoms with van der Waals surface area (Å²) in [6.45, 7) is 4.65. The van der Waals surface area contributed by atoms with Crippen molar-refractivity contribution in [3.05, 3.63) is 47.0 Å². The number of hydrogen-bond acceptors (Lipinski definition) is 3. The molecule has 0 fully saturated rings. The molecule has 1 aromatic carbocycles. The molecule has 0 saturated carbocycles. The Bertz CT molecular complexity index is 591.